The molecule has 5 N–H and O–H groups in total. The normalized spacial score (nSPS) is 25.5. The molecule has 2 saturated heterocycles. The Bertz CT molecular complexity index is 1150. The summed E-state index contributed by atoms with van der Waals surface area (Å²) in [6.45, 7) is 1.79. The summed E-state index contributed by atoms with van der Waals surface area (Å²) < 4.78 is 3.83. The highest BCUT2D eigenvalue weighted by Crippen LogP contribution is 2.43. The summed E-state index contributed by atoms with van der Waals surface area (Å²) in [5.74, 6) is -2.06. The van der Waals surface area contributed by atoms with Crippen molar-refractivity contribution in [2.45, 2.75) is 18.3 Å². The molecule has 2 fully saturated rings. The Kier molecular flexibility index (Phi) is 5.87. The van der Waals surface area contributed by atoms with E-state index in [1.54, 1.807) is 12.2 Å². The van der Waals surface area contributed by atoms with Gasteiger partial charge in [0.25, 0.3) is 5.91 Å². The van der Waals surface area contributed by atoms with Crippen LogP contribution in [0, 0.1) is 12.3 Å². The molecule has 168 valence electrons. The van der Waals surface area contributed by atoms with Crippen molar-refractivity contribution in [1.82, 2.24) is 24.8 Å². The molecule has 2 aromatic rings. The molecule has 0 radical (unpaired) electrons. The van der Waals surface area contributed by atoms with Crippen LogP contribution in [0.5, 0.6) is 0 Å². The summed E-state index contributed by atoms with van der Waals surface area (Å²) in [7, 11) is 0. The first-order chi connectivity index (χ1) is 15.3. The number of carbonyl (C=O) groups is 3. The Balaban J connectivity index is 1.46. The van der Waals surface area contributed by atoms with Gasteiger partial charge in [-0.25, -0.2) is 4.98 Å². The number of hydrogen-bond acceptors (Lipinski definition) is 12. The number of amides is 2. The fourth-order valence-corrected chi connectivity index (χ4v) is 5.86. The monoisotopic (exact) mass is 495 g/mol. The standard InChI is InChI=1S/C17H17N7O5S3/c1-7-8(21-23-32-7)2-3-17(15(27)28)5-24-13(26)11(14(24)31-6-17)20-12(25)10(22-29)9-4-30-16(18)19-9/h2-4,11,14,29H,5-6H2,1H3,(H2,18,19)(H,20,25)(H,27,28)/t11?,14-,17?/m1/s1. The van der Waals surface area contributed by atoms with E-state index in [1.165, 1.54) is 33.6 Å². The number of nitrogens with two attached hydrogens (primary N) is 1. The number of nitrogens with one attached hydrogen (secondary N) is 1. The zero-order valence-electron chi connectivity index (χ0n) is 16.5. The molecule has 0 bridgehead atoms. The first-order valence-corrected chi connectivity index (χ1v) is 11.8. The molecule has 4 rings (SSSR count). The van der Waals surface area contributed by atoms with Gasteiger partial charge in [0.2, 0.25) is 5.91 Å². The summed E-state index contributed by atoms with van der Waals surface area (Å²) in [4.78, 5) is 43.5. The molecular weight excluding hydrogens is 478 g/mol. The van der Waals surface area contributed by atoms with Crippen LogP contribution in [-0.4, -0.2) is 77.0 Å². The minimum absolute atomic E-state index is 0.0398. The Labute approximate surface area is 193 Å². The molecule has 0 aliphatic carbocycles. The number of aryl methyl sites for hydroxylation is 1. The van der Waals surface area contributed by atoms with Gasteiger partial charge >= 0.3 is 5.97 Å². The summed E-state index contributed by atoms with van der Waals surface area (Å²) in [6, 6.07) is -0.874. The van der Waals surface area contributed by atoms with Crippen molar-refractivity contribution in [3.8, 4) is 0 Å². The van der Waals surface area contributed by atoms with Crippen molar-refractivity contribution in [3.63, 3.8) is 0 Å². The van der Waals surface area contributed by atoms with Gasteiger partial charge in [0.05, 0.1) is 0 Å². The number of fused-ring (bicyclic) bond motifs is 1. The van der Waals surface area contributed by atoms with Crippen molar-refractivity contribution in [2.24, 2.45) is 10.6 Å². The molecule has 0 saturated carbocycles. The largest absolute Gasteiger partial charge is 0.481 e. The van der Waals surface area contributed by atoms with Gasteiger partial charge in [-0.05, 0) is 24.5 Å². The Morgan fingerprint density at radius 3 is 2.84 bits per heavy atom. The third kappa shape index (κ3) is 3.82. The number of β-lactam (4-membered cyclic amide) rings is 1. The maximum Gasteiger partial charge on any atom is 0.316 e. The number of carbonyl (C=O) groups excluding carboxylic acids is 2. The van der Waals surface area contributed by atoms with Crippen LogP contribution in [0.2, 0.25) is 0 Å². The quantitative estimate of drug-likeness (QED) is 0.187. The number of aromatic nitrogens is 3. The number of hydrogen-bond donors (Lipinski definition) is 4. The van der Waals surface area contributed by atoms with Gasteiger partial charge in [0, 0.05) is 22.6 Å². The number of anilines is 1. The highest BCUT2D eigenvalue weighted by molar-refractivity contribution is 8.00. The topological polar surface area (TPSA) is 184 Å². The lowest BCUT2D eigenvalue weighted by Gasteiger charge is -2.53. The molecule has 2 aromatic heterocycles. The van der Waals surface area contributed by atoms with E-state index in [0.29, 0.717) is 5.69 Å². The fourth-order valence-electron chi connectivity index (χ4n) is 3.35. The molecule has 12 nitrogen and oxygen atoms in total. The first kappa shape index (κ1) is 22.2. The number of nitrogen functional groups attached to an aromatic ring is 1. The molecule has 2 amide bonds. The Hall–Kier alpha value is -3.04. The molecule has 15 heteroatoms. The molecule has 0 spiro atoms. The highest BCUT2D eigenvalue weighted by atomic mass is 32.2. The van der Waals surface area contributed by atoms with Gasteiger partial charge < -0.3 is 26.3 Å². The zero-order valence-corrected chi connectivity index (χ0v) is 18.9. The van der Waals surface area contributed by atoms with Crippen molar-refractivity contribution in [1.29, 1.82) is 0 Å². The number of aliphatic carboxylic acids is 1. The average molecular weight is 496 g/mol. The second kappa shape index (κ2) is 8.48. The van der Waals surface area contributed by atoms with E-state index in [4.69, 9.17) is 5.73 Å². The van der Waals surface area contributed by atoms with Gasteiger partial charge in [-0.1, -0.05) is 15.7 Å². The smallest absolute Gasteiger partial charge is 0.316 e. The third-order valence-corrected chi connectivity index (χ3v) is 8.02. The molecule has 2 aliphatic rings. The number of nitrogens with zero attached hydrogens (tertiary/aromatic N) is 5. The van der Waals surface area contributed by atoms with Crippen molar-refractivity contribution < 1.29 is 24.7 Å². The second-order valence-corrected chi connectivity index (χ2v) is 10.1. The van der Waals surface area contributed by atoms with E-state index in [1.807, 2.05) is 6.92 Å². The maximum absolute atomic E-state index is 12.7. The number of oxime groups is 1. The number of thiazole rings is 1. The zero-order chi connectivity index (χ0) is 23.0. The highest BCUT2D eigenvalue weighted by Gasteiger charge is 2.57. The molecule has 2 unspecified atom stereocenters. The van der Waals surface area contributed by atoms with Crippen LogP contribution in [0.25, 0.3) is 6.08 Å². The molecule has 32 heavy (non-hydrogen) atoms. The molecule has 2 aliphatic heterocycles. The maximum atomic E-state index is 12.7. The van der Waals surface area contributed by atoms with Crippen LogP contribution < -0.4 is 11.1 Å². The summed E-state index contributed by atoms with van der Waals surface area (Å²) in [6.07, 6.45) is 3.16. The van der Waals surface area contributed by atoms with Gasteiger partial charge in [-0.3, -0.25) is 14.4 Å². The third-order valence-electron chi connectivity index (χ3n) is 5.15. The lowest BCUT2D eigenvalue weighted by Crippen LogP contribution is -2.73. The van der Waals surface area contributed by atoms with Crippen LogP contribution in [-0.2, 0) is 14.4 Å². The predicted octanol–water partition coefficient (Wildman–Crippen LogP) is 0.248. The second-order valence-electron chi connectivity index (χ2n) is 7.15. The van der Waals surface area contributed by atoms with Gasteiger partial charge in [-0.15, -0.1) is 28.2 Å². The summed E-state index contributed by atoms with van der Waals surface area (Å²) in [5.41, 5.74) is 4.57. The number of carboxylic acid groups (broad SMARTS) is 1. The van der Waals surface area contributed by atoms with Crippen LogP contribution in [0.15, 0.2) is 16.6 Å². The van der Waals surface area contributed by atoms with E-state index in [2.05, 4.69) is 25.0 Å². The van der Waals surface area contributed by atoms with Crippen LogP contribution in [0.3, 0.4) is 0 Å². The van der Waals surface area contributed by atoms with E-state index in [0.717, 1.165) is 16.2 Å². The van der Waals surface area contributed by atoms with Gasteiger partial charge in [0.15, 0.2) is 10.8 Å². The lowest BCUT2D eigenvalue weighted by atomic mass is 9.86. The van der Waals surface area contributed by atoms with Crippen molar-refractivity contribution in [3.05, 3.63) is 27.7 Å². The number of thioether (sulfide) groups is 1. The van der Waals surface area contributed by atoms with Crippen molar-refractivity contribution >= 4 is 69.3 Å². The predicted molar refractivity (Wildman–Crippen MR) is 118 cm³/mol. The SMILES string of the molecule is Cc1snnc1C=CC1(C(=O)O)CS[C@@H]2C(NC(=O)C(=NO)c3csc(N)n3)C(=O)N2C1. The van der Waals surface area contributed by atoms with Crippen LogP contribution in [0.1, 0.15) is 16.3 Å². The summed E-state index contributed by atoms with van der Waals surface area (Å²) in [5, 5.41) is 29.8. The van der Waals surface area contributed by atoms with E-state index in [9.17, 15) is 24.7 Å². The fraction of sp³-hybridized carbons (Fsp3) is 0.353. The first-order valence-electron chi connectivity index (χ1n) is 9.14. The van der Waals surface area contributed by atoms with Crippen LogP contribution in [0.4, 0.5) is 5.13 Å². The molecule has 0 aromatic carbocycles. The van der Waals surface area contributed by atoms with Crippen molar-refractivity contribution in [2.75, 3.05) is 18.0 Å². The van der Waals surface area contributed by atoms with Crippen LogP contribution >= 0.6 is 34.6 Å². The Morgan fingerprint density at radius 2 is 2.25 bits per heavy atom. The molecular formula is C17H17N7O5S3. The summed E-state index contributed by atoms with van der Waals surface area (Å²) >= 11 is 3.54. The lowest BCUT2D eigenvalue weighted by molar-refractivity contribution is -0.155. The molecule has 3 atom stereocenters. The van der Waals surface area contributed by atoms with E-state index in [-0.39, 0.29) is 28.8 Å². The number of carboxylic acids is 1. The minimum atomic E-state index is -1.29. The number of rotatable bonds is 6. The Morgan fingerprint density at radius 1 is 1.47 bits per heavy atom. The minimum Gasteiger partial charge on any atom is -0.481 e. The van der Waals surface area contributed by atoms with Gasteiger partial charge in [0.1, 0.15) is 28.2 Å². The van der Waals surface area contributed by atoms with E-state index < -0.39 is 34.6 Å². The van der Waals surface area contributed by atoms with E-state index >= 15 is 0 Å². The van der Waals surface area contributed by atoms with Gasteiger partial charge in [-0.2, -0.15) is 0 Å². The average Bonchev–Trinajstić information content (AvgIpc) is 3.38. The molecule has 4 heterocycles.